The van der Waals surface area contributed by atoms with Crippen LogP contribution in [0.2, 0.25) is 0 Å². The molecule has 1 unspecified atom stereocenters. The molecule has 1 aromatic carbocycles. The predicted octanol–water partition coefficient (Wildman–Crippen LogP) is 2.87. The summed E-state index contributed by atoms with van der Waals surface area (Å²) in [5, 5.41) is 8.81. The fourth-order valence-corrected chi connectivity index (χ4v) is 2.79. The first kappa shape index (κ1) is 15.6. The summed E-state index contributed by atoms with van der Waals surface area (Å²) in [4.78, 5) is 11.8. The van der Waals surface area contributed by atoms with Crippen LogP contribution in [0, 0.1) is 0 Å². The number of nitrogens with zero attached hydrogens (tertiary/aromatic N) is 3. The number of carbonyl (C=O) groups is 1. The average molecular weight is 305 g/mol. The first-order chi connectivity index (χ1) is 10.2. The Kier molecular flexibility index (Phi) is 5.38. The van der Waals surface area contributed by atoms with Crippen LogP contribution in [-0.2, 0) is 16.0 Å². The van der Waals surface area contributed by atoms with E-state index in [0.717, 1.165) is 17.9 Å². The molecule has 0 fully saturated rings. The van der Waals surface area contributed by atoms with Crippen LogP contribution in [0.25, 0.3) is 5.69 Å². The molecule has 0 spiro atoms. The van der Waals surface area contributed by atoms with Crippen LogP contribution in [0.1, 0.15) is 26.6 Å². The molecule has 0 aliphatic heterocycles. The maximum absolute atomic E-state index is 11.8. The quantitative estimate of drug-likeness (QED) is 0.607. The van der Waals surface area contributed by atoms with Crippen LogP contribution in [0.5, 0.6) is 0 Å². The number of aryl methyl sites for hydroxylation is 1. The molecular weight excluding hydrogens is 286 g/mol. The number of rotatable bonds is 6. The van der Waals surface area contributed by atoms with Gasteiger partial charge in [0, 0.05) is 12.1 Å². The third kappa shape index (κ3) is 3.64. The Bertz CT molecular complexity index is 598. The van der Waals surface area contributed by atoms with Crippen molar-refractivity contribution in [3.63, 3.8) is 0 Å². The molecule has 6 heteroatoms. The minimum Gasteiger partial charge on any atom is -0.465 e. The number of para-hydroxylation sites is 1. The molecule has 1 heterocycles. The summed E-state index contributed by atoms with van der Waals surface area (Å²) in [6.45, 7) is 6.04. The smallest absolute Gasteiger partial charge is 0.319 e. The van der Waals surface area contributed by atoms with Crippen molar-refractivity contribution in [2.45, 2.75) is 37.6 Å². The molecule has 0 saturated heterocycles. The Balaban J connectivity index is 2.29. The lowest BCUT2D eigenvalue weighted by molar-refractivity contribution is -0.142. The molecule has 2 rings (SSSR count). The van der Waals surface area contributed by atoms with Gasteiger partial charge in [-0.25, -0.2) is 0 Å². The summed E-state index contributed by atoms with van der Waals surface area (Å²) in [5.41, 5.74) is 0.998. The van der Waals surface area contributed by atoms with Gasteiger partial charge >= 0.3 is 5.97 Å². The molecule has 2 aromatic rings. The maximum atomic E-state index is 11.8. The third-order valence-corrected chi connectivity index (χ3v) is 3.95. The Morgan fingerprint density at radius 2 is 2.00 bits per heavy atom. The highest BCUT2D eigenvalue weighted by Crippen LogP contribution is 2.26. The minimum atomic E-state index is -0.318. The van der Waals surface area contributed by atoms with Crippen molar-refractivity contribution in [3.05, 3.63) is 36.2 Å². The van der Waals surface area contributed by atoms with Crippen LogP contribution in [0.15, 0.2) is 35.5 Å². The Labute approximate surface area is 128 Å². The normalized spacial score (nSPS) is 12.1. The van der Waals surface area contributed by atoms with Crippen LogP contribution < -0.4 is 0 Å². The molecule has 0 aliphatic rings. The van der Waals surface area contributed by atoms with Gasteiger partial charge in [-0.3, -0.25) is 9.36 Å². The van der Waals surface area contributed by atoms with Gasteiger partial charge in [0.05, 0.1) is 6.61 Å². The lowest BCUT2D eigenvalue weighted by atomic mass is 10.3. The lowest BCUT2D eigenvalue weighted by Gasteiger charge is -2.12. The van der Waals surface area contributed by atoms with E-state index < -0.39 is 0 Å². The van der Waals surface area contributed by atoms with E-state index in [1.165, 1.54) is 11.8 Å². The van der Waals surface area contributed by atoms with E-state index >= 15 is 0 Å². The van der Waals surface area contributed by atoms with Crippen LogP contribution in [0.3, 0.4) is 0 Å². The number of carbonyl (C=O) groups excluding carboxylic acids is 1. The number of ether oxygens (including phenoxy) is 1. The molecule has 0 aliphatic carbocycles. The van der Waals surface area contributed by atoms with E-state index in [1.807, 2.05) is 48.7 Å². The van der Waals surface area contributed by atoms with Gasteiger partial charge in [0.25, 0.3) is 0 Å². The molecule has 112 valence electrons. The highest BCUT2D eigenvalue weighted by atomic mass is 32.2. The fourth-order valence-electron chi connectivity index (χ4n) is 1.91. The monoisotopic (exact) mass is 305 g/mol. The SMILES string of the molecule is CCOC(=O)C(C)Sc1nnc(CC)n1-c1ccccc1. The molecule has 0 N–H and O–H groups in total. The zero-order valence-corrected chi connectivity index (χ0v) is 13.3. The van der Waals surface area contributed by atoms with Gasteiger partial charge in [0.2, 0.25) is 0 Å². The first-order valence-corrected chi connectivity index (χ1v) is 7.88. The molecule has 21 heavy (non-hydrogen) atoms. The van der Waals surface area contributed by atoms with Crippen molar-refractivity contribution in [1.29, 1.82) is 0 Å². The van der Waals surface area contributed by atoms with E-state index in [1.54, 1.807) is 6.92 Å². The van der Waals surface area contributed by atoms with Gasteiger partial charge in [0.1, 0.15) is 11.1 Å². The minimum absolute atomic E-state index is 0.233. The number of thioether (sulfide) groups is 1. The van der Waals surface area contributed by atoms with Gasteiger partial charge in [-0.15, -0.1) is 10.2 Å². The number of benzene rings is 1. The molecule has 1 aromatic heterocycles. The number of hydrogen-bond acceptors (Lipinski definition) is 5. The lowest BCUT2D eigenvalue weighted by Crippen LogP contribution is -2.17. The van der Waals surface area contributed by atoms with Crippen LogP contribution in [0.4, 0.5) is 0 Å². The van der Waals surface area contributed by atoms with Crippen molar-refractivity contribution in [1.82, 2.24) is 14.8 Å². The van der Waals surface area contributed by atoms with Gasteiger partial charge < -0.3 is 4.74 Å². The van der Waals surface area contributed by atoms with Gasteiger partial charge in [-0.1, -0.05) is 36.9 Å². The zero-order chi connectivity index (χ0) is 15.2. The van der Waals surface area contributed by atoms with Gasteiger partial charge in [-0.2, -0.15) is 0 Å². The molecule has 1 atom stereocenters. The van der Waals surface area contributed by atoms with Crippen molar-refractivity contribution in [3.8, 4) is 5.69 Å². The Morgan fingerprint density at radius 3 is 2.62 bits per heavy atom. The van der Waals surface area contributed by atoms with Crippen molar-refractivity contribution in [2.24, 2.45) is 0 Å². The van der Waals surface area contributed by atoms with E-state index in [4.69, 9.17) is 4.74 Å². The van der Waals surface area contributed by atoms with Crippen LogP contribution in [-0.4, -0.2) is 32.6 Å². The number of esters is 1. The summed E-state index contributed by atoms with van der Waals surface area (Å²) in [7, 11) is 0. The Morgan fingerprint density at radius 1 is 1.29 bits per heavy atom. The van der Waals surface area contributed by atoms with Crippen molar-refractivity contribution in [2.75, 3.05) is 6.61 Å². The van der Waals surface area contributed by atoms with Gasteiger partial charge in [-0.05, 0) is 26.0 Å². The van der Waals surface area contributed by atoms with E-state index in [-0.39, 0.29) is 11.2 Å². The zero-order valence-electron chi connectivity index (χ0n) is 12.4. The number of aromatic nitrogens is 3. The Hall–Kier alpha value is -1.82. The van der Waals surface area contributed by atoms with Crippen molar-refractivity contribution < 1.29 is 9.53 Å². The molecule has 0 amide bonds. The molecule has 0 bridgehead atoms. The molecule has 0 saturated carbocycles. The van der Waals surface area contributed by atoms with Gasteiger partial charge in [0.15, 0.2) is 5.16 Å². The second kappa shape index (κ2) is 7.26. The third-order valence-electron chi connectivity index (χ3n) is 2.93. The van der Waals surface area contributed by atoms with Crippen molar-refractivity contribution >= 4 is 17.7 Å². The highest BCUT2D eigenvalue weighted by molar-refractivity contribution is 8.00. The summed E-state index contributed by atoms with van der Waals surface area (Å²) in [6.07, 6.45) is 0.774. The first-order valence-electron chi connectivity index (χ1n) is 7.00. The average Bonchev–Trinajstić information content (AvgIpc) is 2.91. The maximum Gasteiger partial charge on any atom is 0.319 e. The van der Waals surface area contributed by atoms with Crippen LogP contribution >= 0.6 is 11.8 Å². The summed E-state index contributed by atoms with van der Waals surface area (Å²) < 4.78 is 7.02. The van der Waals surface area contributed by atoms with E-state index in [9.17, 15) is 4.79 Å². The largest absolute Gasteiger partial charge is 0.465 e. The second-order valence-electron chi connectivity index (χ2n) is 4.44. The topological polar surface area (TPSA) is 57.0 Å². The molecular formula is C15H19N3O2S. The number of hydrogen-bond donors (Lipinski definition) is 0. The van der Waals surface area contributed by atoms with E-state index in [0.29, 0.717) is 11.8 Å². The fraction of sp³-hybridized carbons (Fsp3) is 0.400. The summed E-state index contributed by atoms with van der Waals surface area (Å²) in [6, 6.07) is 9.91. The summed E-state index contributed by atoms with van der Waals surface area (Å²) >= 11 is 1.36. The summed E-state index contributed by atoms with van der Waals surface area (Å²) in [5.74, 6) is 0.642. The predicted molar refractivity (Wildman–Crippen MR) is 82.7 cm³/mol. The highest BCUT2D eigenvalue weighted by Gasteiger charge is 2.21. The standard InChI is InChI=1S/C15H19N3O2S/c1-4-13-16-17-15(21-11(3)14(19)20-5-2)18(13)12-9-7-6-8-10-12/h6-11H,4-5H2,1-3H3. The molecule has 5 nitrogen and oxygen atoms in total. The molecule has 0 radical (unpaired) electrons. The second-order valence-corrected chi connectivity index (χ2v) is 5.74. The van der Waals surface area contributed by atoms with E-state index in [2.05, 4.69) is 10.2 Å².